The number of nitrogens with two attached hydrogens (primary N) is 1. The highest BCUT2D eigenvalue weighted by Gasteiger charge is 2.17. The van der Waals surface area contributed by atoms with E-state index in [1.807, 2.05) is 24.3 Å². The van der Waals surface area contributed by atoms with Gasteiger partial charge in [0.25, 0.3) is 0 Å². The number of hydrogen-bond donors (Lipinski definition) is 1. The van der Waals surface area contributed by atoms with Gasteiger partial charge in [0.1, 0.15) is 11.8 Å². The minimum atomic E-state index is -0.200. The number of rotatable bonds is 5. The topological polar surface area (TPSA) is 78.1 Å². The molecule has 0 spiro atoms. The van der Waals surface area contributed by atoms with Crippen LogP contribution in [-0.4, -0.2) is 10.1 Å². The Kier molecular flexibility index (Phi) is 3.52. The molecule has 0 saturated carbocycles. The molecule has 0 saturated heterocycles. The molecule has 2 heterocycles. The smallest absolute Gasteiger partial charge is 0.243 e. The van der Waals surface area contributed by atoms with Crippen LogP contribution in [0.1, 0.15) is 38.1 Å². The monoisotopic (exact) mass is 271 g/mol. The van der Waals surface area contributed by atoms with Gasteiger partial charge >= 0.3 is 0 Å². The number of hydrogen-bond acceptors (Lipinski definition) is 5. The van der Waals surface area contributed by atoms with Crippen molar-refractivity contribution in [2.24, 2.45) is 5.73 Å². The molecule has 1 aromatic carbocycles. The predicted molar refractivity (Wildman–Crippen MR) is 76.0 cm³/mol. The Hall–Kier alpha value is -2.14. The van der Waals surface area contributed by atoms with Crippen LogP contribution in [0.15, 0.2) is 39.5 Å². The molecule has 0 bridgehead atoms. The van der Waals surface area contributed by atoms with Crippen LogP contribution in [0.5, 0.6) is 0 Å². The van der Waals surface area contributed by atoms with Crippen LogP contribution >= 0.6 is 0 Å². The summed E-state index contributed by atoms with van der Waals surface area (Å²) in [5.74, 6) is 1.01. The molecular weight excluding hydrogens is 254 g/mol. The van der Waals surface area contributed by atoms with Crippen LogP contribution in [0.3, 0.4) is 0 Å². The Bertz CT molecular complexity index is 702. The summed E-state index contributed by atoms with van der Waals surface area (Å²) in [7, 11) is 0. The first kappa shape index (κ1) is 12.9. The zero-order valence-corrected chi connectivity index (χ0v) is 11.4. The van der Waals surface area contributed by atoms with Crippen LogP contribution in [0.4, 0.5) is 0 Å². The van der Waals surface area contributed by atoms with E-state index >= 15 is 0 Å². The van der Waals surface area contributed by atoms with Crippen LogP contribution < -0.4 is 5.73 Å². The average Bonchev–Trinajstić information content (AvgIpc) is 3.10. The summed E-state index contributed by atoms with van der Waals surface area (Å²) >= 11 is 0. The summed E-state index contributed by atoms with van der Waals surface area (Å²) in [6, 6.07) is 7.57. The minimum absolute atomic E-state index is 0.200. The van der Waals surface area contributed by atoms with E-state index in [0.29, 0.717) is 11.7 Å². The summed E-state index contributed by atoms with van der Waals surface area (Å²) < 4.78 is 10.8. The highest BCUT2D eigenvalue weighted by Crippen LogP contribution is 2.29. The quantitative estimate of drug-likeness (QED) is 0.766. The van der Waals surface area contributed by atoms with Gasteiger partial charge in [0, 0.05) is 5.39 Å². The summed E-state index contributed by atoms with van der Waals surface area (Å²) in [5, 5.41) is 4.99. The molecule has 2 aromatic heterocycles. The van der Waals surface area contributed by atoms with Gasteiger partial charge < -0.3 is 14.7 Å². The third kappa shape index (κ3) is 2.32. The molecule has 3 rings (SSSR count). The number of fused-ring (bicyclic) bond motifs is 1. The Morgan fingerprint density at radius 3 is 3.00 bits per heavy atom. The molecule has 0 radical (unpaired) electrons. The second-order valence-electron chi connectivity index (χ2n) is 4.85. The van der Waals surface area contributed by atoms with Crippen LogP contribution in [0, 0.1) is 0 Å². The number of furan rings is 1. The molecule has 1 unspecified atom stereocenters. The van der Waals surface area contributed by atoms with Crippen molar-refractivity contribution in [3.05, 3.63) is 36.4 Å². The third-order valence-corrected chi connectivity index (χ3v) is 3.35. The molecule has 2 N–H and O–H groups in total. The molecule has 0 aliphatic rings. The summed E-state index contributed by atoms with van der Waals surface area (Å²) in [6.45, 7) is 2.13. The van der Waals surface area contributed by atoms with Gasteiger partial charge in [0.15, 0.2) is 0 Å². The zero-order valence-electron chi connectivity index (χ0n) is 11.4. The van der Waals surface area contributed by atoms with Gasteiger partial charge in [-0.25, -0.2) is 0 Å². The van der Waals surface area contributed by atoms with E-state index < -0.39 is 0 Å². The molecule has 0 aliphatic heterocycles. The van der Waals surface area contributed by atoms with Gasteiger partial charge in [0.05, 0.1) is 11.6 Å². The number of nitrogens with zero attached hydrogens (tertiary/aromatic N) is 2. The Morgan fingerprint density at radius 1 is 1.30 bits per heavy atom. The maximum Gasteiger partial charge on any atom is 0.243 e. The highest BCUT2D eigenvalue weighted by molar-refractivity contribution is 5.91. The van der Waals surface area contributed by atoms with Crippen molar-refractivity contribution in [2.75, 3.05) is 0 Å². The van der Waals surface area contributed by atoms with Crippen molar-refractivity contribution in [3.8, 4) is 11.4 Å². The molecule has 104 valence electrons. The standard InChI is InChI=1S/C15H17N3O2/c1-2-3-7-12(16)15-17-14(18-20-15)11-9-19-13-8-5-4-6-10(11)13/h4-6,8-9,12H,2-3,7,16H2,1H3. The molecule has 20 heavy (non-hydrogen) atoms. The molecule has 0 amide bonds. The number of aromatic nitrogens is 2. The largest absolute Gasteiger partial charge is 0.464 e. The Morgan fingerprint density at radius 2 is 2.15 bits per heavy atom. The van der Waals surface area contributed by atoms with E-state index in [0.717, 1.165) is 35.8 Å². The molecule has 0 aliphatic carbocycles. The zero-order chi connectivity index (χ0) is 13.9. The number of benzene rings is 1. The maximum absolute atomic E-state index is 6.04. The van der Waals surface area contributed by atoms with E-state index in [4.69, 9.17) is 14.7 Å². The van der Waals surface area contributed by atoms with Crippen LogP contribution in [0.2, 0.25) is 0 Å². The SMILES string of the molecule is CCCCC(N)c1nc(-c2coc3ccccc23)no1. The van der Waals surface area contributed by atoms with Crippen molar-refractivity contribution in [1.29, 1.82) is 0 Å². The van der Waals surface area contributed by atoms with Crippen LogP contribution in [-0.2, 0) is 0 Å². The highest BCUT2D eigenvalue weighted by atomic mass is 16.5. The Labute approximate surface area is 116 Å². The first-order valence-corrected chi connectivity index (χ1v) is 6.85. The summed E-state index contributed by atoms with van der Waals surface area (Å²) in [5.41, 5.74) is 7.68. The fourth-order valence-electron chi connectivity index (χ4n) is 2.19. The van der Waals surface area contributed by atoms with Gasteiger partial charge in [-0.1, -0.05) is 43.1 Å². The van der Waals surface area contributed by atoms with E-state index in [-0.39, 0.29) is 6.04 Å². The number of unbranched alkanes of at least 4 members (excludes halogenated alkanes) is 1. The third-order valence-electron chi connectivity index (χ3n) is 3.35. The lowest BCUT2D eigenvalue weighted by molar-refractivity contribution is 0.346. The van der Waals surface area contributed by atoms with Crippen molar-refractivity contribution >= 4 is 11.0 Å². The van der Waals surface area contributed by atoms with Gasteiger partial charge in [-0.3, -0.25) is 0 Å². The fourth-order valence-corrected chi connectivity index (χ4v) is 2.19. The second-order valence-corrected chi connectivity index (χ2v) is 4.85. The first-order valence-electron chi connectivity index (χ1n) is 6.85. The lowest BCUT2D eigenvalue weighted by Gasteiger charge is -2.03. The van der Waals surface area contributed by atoms with Crippen molar-refractivity contribution in [2.45, 2.75) is 32.2 Å². The lowest BCUT2D eigenvalue weighted by Crippen LogP contribution is -2.10. The van der Waals surface area contributed by atoms with Crippen molar-refractivity contribution in [3.63, 3.8) is 0 Å². The molecule has 5 nitrogen and oxygen atoms in total. The first-order chi connectivity index (χ1) is 9.79. The second kappa shape index (κ2) is 5.46. The molecule has 0 fully saturated rings. The lowest BCUT2D eigenvalue weighted by atomic mass is 10.1. The molecule has 1 atom stereocenters. The minimum Gasteiger partial charge on any atom is -0.464 e. The van der Waals surface area contributed by atoms with Gasteiger partial charge in [-0.05, 0) is 12.5 Å². The average molecular weight is 271 g/mol. The van der Waals surface area contributed by atoms with Crippen molar-refractivity contribution in [1.82, 2.24) is 10.1 Å². The fraction of sp³-hybridized carbons (Fsp3) is 0.333. The molecule has 5 heteroatoms. The van der Waals surface area contributed by atoms with Gasteiger partial charge in [-0.2, -0.15) is 4.98 Å². The number of para-hydroxylation sites is 1. The van der Waals surface area contributed by atoms with Crippen LogP contribution in [0.25, 0.3) is 22.4 Å². The van der Waals surface area contributed by atoms with E-state index in [1.54, 1.807) is 6.26 Å². The Balaban J connectivity index is 1.90. The molecule has 3 aromatic rings. The van der Waals surface area contributed by atoms with E-state index in [1.165, 1.54) is 0 Å². The molecular formula is C15H17N3O2. The van der Waals surface area contributed by atoms with Gasteiger partial charge in [0.2, 0.25) is 11.7 Å². The summed E-state index contributed by atoms with van der Waals surface area (Å²) in [6.07, 6.45) is 4.65. The van der Waals surface area contributed by atoms with Crippen molar-refractivity contribution < 1.29 is 8.94 Å². The predicted octanol–water partition coefficient (Wildman–Crippen LogP) is 3.67. The normalized spacial score (nSPS) is 12.9. The van der Waals surface area contributed by atoms with E-state index in [9.17, 15) is 0 Å². The van der Waals surface area contributed by atoms with Gasteiger partial charge in [-0.15, -0.1) is 0 Å². The van der Waals surface area contributed by atoms with E-state index in [2.05, 4.69) is 17.1 Å². The maximum atomic E-state index is 6.04. The summed E-state index contributed by atoms with van der Waals surface area (Å²) in [4.78, 5) is 4.39.